The van der Waals surface area contributed by atoms with E-state index in [4.69, 9.17) is 9.47 Å². The van der Waals surface area contributed by atoms with E-state index in [0.29, 0.717) is 32.1 Å². The second-order valence-corrected chi connectivity index (χ2v) is 14.7. The van der Waals surface area contributed by atoms with Gasteiger partial charge in [0.2, 0.25) is 0 Å². The largest absolute Gasteiger partial charge is 0.469 e. The van der Waals surface area contributed by atoms with Gasteiger partial charge in [-0.25, -0.2) is 0 Å². The molecule has 1 saturated heterocycles. The maximum Gasteiger partial charge on any atom is 0.305 e. The summed E-state index contributed by atoms with van der Waals surface area (Å²) >= 11 is 0. The Morgan fingerprint density at radius 3 is 2.29 bits per heavy atom. The summed E-state index contributed by atoms with van der Waals surface area (Å²) in [7, 11) is 1.38. The van der Waals surface area contributed by atoms with Crippen molar-refractivity contribution in [2.24, 2.45) is 52.3 Å². The predicted octanol–water partition coefficient (Wildman–Crippen LogP) is -0.0744. The van der Waals surface area contributed by atoms with Gasteiger partial charge in [-0.05, 0) is 91.3 Å². The van der Waals surface area contributed by atoms with Gasteiger partial charge in [0, 0.05) is 12.3 Å². The summed E-state index contributed by atoms with van der Waals surface area (Å²) in [5, 5.41) is 88.7. The van der Waals surface area contributed by atoms with E-state index in [1.807, 2.05) is 6.92 Å². The van der Waals surface area contributed by atoms with Gasteiger partial charge in [-0.1, -0.05) is 20.8 Å². The predicted molar refractivity (Wildman–Crippen MR) is 148 cm³/mol. The van der Waals surface area contributed by atoms with E-state index in [-0.39, 0.29) is 47.9 Å². The fourth-order valence-electron chi connectivity index (χ4n) is 11.0. The third kappa shape index (κ3) is 4.69. The van der Waals surface area contributed by atoms with E-state index in [1.54, 1.807) is 0 Å². The van der Waals surface area contributed by atoms with E-state index < -0.39 is 71.9 Å². The molecule has 5 aliphatic rings. The van der Waals surface area contributed by atoms with Gasteiger partial charge in [0.1, 0.15) is 24.4 Å². The molecule has 0 spiro atoms. The third-order valence-electron chi connectivity index (χ3n) is 13.2. The van der Waals surface area contributed by atoms with Gasteiger partial charge in [-0.2, -0.15) is 0 Å². The summed E-state index contributed by atoms with van der Waals surface area (Å²) in [4.78, 5) is 11.9. The molecule has 4 saturated carbocycles. The molecule has 0 bridgehead atoms. The van der Waals surface area contributed by atoms with Crippen molar-refractivity contribution in [2.45, 2.75) is 121 Å². The molecule has 5 rings (SSSR count). The topological polar surface area (TPSA) is 197 Å². The van der Waals surface area contributed by atoms with Crippen LogP contribution >= 0.6 is 0 Å². The molecule has 17 atom stereocenters. The molecule has 4 aliphatic carbocycles. The molecular weight excluding hydrogens is 548 g/mol. The normalized spacial score (nSPS) is 54.8. The van der Waals surface area contributed by atoms with Crippen LogP contribution in [0.25, 0.3) is 0 Å². The zero-order valence-corrected chi connectivity index (χ0v) is 25.2. The highest BCUT2D eigenvalue weighted by atomic mass is 16.7. The van der Waals surface area contributed by atoms with E-state index >= 15 is 0 Å². The van der Waals surface area contributed by atoms with Crippen molar-refractivity contribution >= 4 is 5.97 Å². The monoisotopic (exact) mass is 600 g/mol. The molecule has 0 amide bonds. The highest BCUT2D eigenvalue weighted by Gasteiger charge is 2.71. The Bertz CT molecular complexity index is 994. The molecular formula is C31H52O11. The Morgan fingerprint density at radius 2 is 1.64 bits per heavy atom. The van der Waals surface area contributed by atoms with Crippen molar-refractivity contribution in [1.82, 2.24) is 0 Å². The van der Waals surface area contributed by atoms with Crippen LogP contribution in [-0.2, 0) is 14.3 Å². The minimum absolute atomic E-state index is 0.0263. The molecule has 1 aliphatic heterocycles. The van der Waals surface area contributed by atoms with Crippen LogP contribution in [0, 0.1) is 52.3 Å². The molecule has 242 valence electrons. The van der Waals surface area contributed by atoms with Crippen molar-refractivity contribution < 1.29 is 55.1 Å². The summed E-state index contributed by atoms with van der Waals surface area (Å²) < 4.78 is 10.7. The summed E-state index contributed by atoms with van der Waals surface area (Å²) in [5.74, 6) is -4.09. The van der Waals surface area contributed by atoms with Crippen LogP contribution in [-0.4, -0.2) is 109 Å². The van der Waals surface area contributed by atoms with Crippen molar-refractivity contribution in [3.05, 3.63) is 0 Å². The first kappa shape index (κ1) is 32.5. The lowest BCUT2D eigenvalue weighted by Gasteiger charge is -2.67. The average Bonchev–Trinajstić information content (AvgIpc) is 3.31. The fourth-order valence-corrected chi connectivity index (χ4v) is 11.0. The minimum Gasteiger partial charge on any atom is -0.469 e. The van der Waals surface area contributed by atoms with Gasteiger partial charge in [0.05, 0.1) is 32.0 Å². The second-order valence-electron chi connectivity index (χ2n) is 14.7. The van der Waals surface area contributed by atoms with Crippen LogP contribution in [0.2, 0.25) is 0 Å². The van der Waals surface area contributed by atoms with E-state index in [1.165, 1.54) is 7.11 Å². The van der Waals surface area contributed by atoms with Gasteiger partial charge in [-0.15, -0.1) is 0 Å². The molecule has 42 heavy (non-hydrogen) atoms. The second kappa shape index (κ2) is 11.5. The number of methoxy groups -OCH3 is 1. The number of esters is 1. The van der Waals surface area contributed by atoms with Crippen molar-refractivity contribution in [3.63, 3.8) is 0 Å². The quantitative estimate of drug-likeness (QED) is 0.190. The lowest BCUT2D eigenvalue weighted by molar-refractivity contribution is -0.394. The van der Waals surface area contributed by atoms with Crippen LogP contribution < -0.4 is 0 Å². The van der Waals surface area contributed by atoms with E-state index in [0.717, 1.165) is 12.8 Å². The summed E-state index contributed by atoms with van der Waals surface area (Å²) in [6.07, 6.45) is -5.18. The number of carbonyl (C=O) groups excluding carboxylic acids is 1. The highest BCUT2D eigenvalue weighted by molar-refractivity contribution is 5.69. The number of carbonyl (C=O) groups is 1. The van der Waals surface area contributed by atoms with E-state index in [2.05, 4.69) is 13.8 Å². The number of aliphatic hydroxyl groups excluding tert-OH is 7. The molecule has 0 radical (unpaired) electrons. The van der Waals surface area contributed by atoms with Crippen molar-refractivity contribution in [3.8, 4) is 0 Å². The molecule has 0 aromatic heterocycles. The van der Waals surface area contributed by atoms with Gasteiger partial charge >= 0.3 is 5.97 Å². The number of ether oxygens (including phenoxy) is 2. The minimum atomic E-state index is -2.39. The fraction of sp³-hybridized carbons (Fsp3) is 0.968. The molecule has 8 N–H and O–H groups in total. The molecule has 13 unspecified atom stereocenters. The Hall–Kier alpha value is -0.890. The maximum atomic E-state index is 12.0. The average molecular weight is 601 g/mol. The first-order chi connectivity index (χ1) is 19.7. The Balaban J connectivity index is 1.51. The maximum absolute atomic E-state index is 12.0. The molecule has 11 nitrogen and oxygen atoms in total. The van der Waals surface area contributed by atoms with Gasteiger partial charge in [-0.3, -0.25) is 4.79 Å². The first-order valence-corrected chi connectivity index (χ1v) is 15.8. The summed E-state index contributed by atoms with van der Waals surface area (Å²) in [6, 6.07) is 0. The van der Waals surface area contributed by atoms with Crippen LogP contribution in [0.5, 0.6) is 0 Å². The SMILES string of the molecule is COC(=O)CCC(C)C1CCC2C3C(O)CC4CC(O)CC(C5(O)O[C@H](CO)[C@@H](O)[C@H](O)[C@H]5O)C4(C)C3CC(O)C12C. The Morgan fingerprint density at radius 1 is 0.952 bits per heavy atom. The lowest BCUT2D eigenvalue weighted by Crippen LogP contribution is -2.73. The first-order valence-electron chi connectivity index (χ1n) is 15.8. The molecule has 11 heteroatoms. The van der Waals surface area contributed by atoms with Gasteiger partial charge in [0.15, 0.2) is 5.79 Å². The zero-order valence-electron chi connectivity index (χ0n) is 25.2. The number of hydrogen-bond acceptors (Lipinski definition) is 11. The van der Waals surface area contributed by atoms with Gasteiger partial charge < -0.3 is 50.3 Å². The zero-order chi connectivity index (χ0) is 30.9. The Labute approximate surface area is 247 Å². The standard InChI is InChI=1S/C31H52O11/c1-14(5-8-24(36)41-4)17-6-7-18-25-19(12-23(35)30(17,18)3)29(2)15(10-20(25)34)9-16(33)11-22(29)31(40)28(39)27(38)26(37)21(13-32)42-31/h14-23,25-28,32-35,37-40H,5-13H2,1-4H3/t14?,15?,16?,17?,18?,19?,20?,21-,22?,23?,25?,26-,27+,28-,29?,30?,31?/m1/s1. The van der Waals surface area contributed by atoms with Crippen molar-refractivity contribution in [2.75, 3.05) is 13.7 Å². The van der Waals surface area contributed by atoms with E-state index in [9.17, 15) is 45.6 Å². The summed E-state index contributed by atoms with van der Waals surface area (Å²) in [5.41, 5.74) is -1.32. The molecule has 5 fully saturated rings. The highest BCUT2D eigenvalue weighted by Crippen LogP contribution is 2.70. The smallest absolute Gasteiger partial charge is 0.305 e. The van der Waals surface area contributed by atoms with Crippen LogP contribution in [0.1, 0.15) is 72.1 Å². The Kier molecular flexibility index (Phi) is 8.88. The molecule has 1 heterocycles. The molecule has 0 aromatic rings. The summed E-state index contributed by atoms with van der Waals surface area (Å²) in [6.45, 7) is 5.52. The number of aliphatic hydroxyl groups is 8. The number of hydrogen-bond donors (Lipinski definition) is 8. The lowest BCUT2D eigenvalue weighted by atomic mass is 9.40. The third-order valence-corrected chi connectivity index (χ3v) is 13.2. The van der Waals surface area contributed by atoms with Crippen LogP contribution in [0.3, 0.4) is 0 Å². The van der Waals surface area contributed by atoms with Crippen LogP contribution in [0.4, 0.5) is 0 Å². The van der Waals surface area contributed by atoms with Crippen LogP contribution in [0.15, 0.2) is 0 Å². The van der Waals surface area contributed by atoms with Crippen molar-refractivity contribution in [1.29, 1.82) is 0 Å². The van der Waals surface area contributed by atoms with Gasteiger partial charge in [0.25, 0.3) is 0 Å². The number of rotatable bonds is 6. The number of fused-ring (bicyclic) bond motifs is 5. The molecule has 0 aromatic carbocycles.